The molecule has 2 aromatic carbocycles. The Bertz CT molecular complexity index is 994. The van der Waals surface area contributed by atoms with Gasteiger partial charge in [-0.2, -0.15) is 5.10 Å². The summed E-state index contributed by atoms with van der Waals surface area (Å²) in [6, 6.07) is 12.1. The zero-order valence-corrected chi connectivity index (χ0v) is 15.4. The van der Waals surface area contributed by atoms with Gasteiger partial charge in [-0.1, -0.05) is 6.07 Å². The maximum Gasteiger partial charge on any atom is 0.259 e. The van der Waals surface area contributed by atoms with Crippen molar-refractivity contribution in [2.75, 3.05) is 23.3 Å². The van der Waals surface area contributed by atoms with E-state index in [2.05, 4.69) is 28.3 Å². The van der Waals surface area contributed by atoms with Crippen molar-refractivity contribution in [3.8, 4) is 5.69 Å². The lowest BCUT2D eigenvalue weighted by molar-refractivity contribution is 0.102. The van der Waals surface area contributed by atoms with Crippen LogP contribution in [-0.2, 0) is 6.42 Å². The number of fused-ring (bicyclic) bond motifs is 1. The number of nitrogens with zero attached hydrogens (tertiary/aromatic N) is 3. The molecule has 5 nitrogen and oxygen atoms in total. The smallest absolute Gasteiger partial charge is 0.259 e. The van der Waals surface area contributed by atoms with Crippen LogP contribution in [0.4, 0.5) is 15.8 Å². The molecule has 3 aromatic rings. The van der Waals surface area contributed by atoms with Gasteiger partial charge in [-0.05, 0) is 62.2 Å². The molecule has 4 rings (SSSR count). The van der Waals surface area contributed by atoms with Crippen LogP contribution >= 0.6 is 0 Å². The third-order valence-electron chi connectivity index (χ3n) is 5.04. The lowest BCUT2D eigenvalue weighted by Crippen LogP contribution is -2.19. The monoisotopic (exact) mass is 364 g/mol. The summed E-state index contributed by atoms with van der Waals surface area (Å²) in [6.07, 6.45) is 2.58. The molecule has 1 aliphatic rings. The average molecular weight is 364 g/mol. The molecule has 0 spiro atoms. The largest absolute Gasteiger partial charge is 0.371 e. The van der Waals surface area contributed by atoms with Crippen molar-refractivity contribution in [1.29, 1.82) is 0 Å². The van der Waals surface area contributed by atoms with E-state index in [1.165, 1.54) is 23.4 Å². The summed E-state index contributed by atoms with van der Waals surface area (Å²) >= 11 is 0. The van der Waals surface area contributed by atoms with E-state index in [1.807, 2.05) is 19.1 Å². The normalized spacial score (nSPS) is 12.9. The van der Waals surface area contributed by atoms with Gasteiger partial charge < -0.3 is 10.2 Å². The molecule has 0 atom stereocenters. The van der Waals surface area contributed by atoms with Gasteiger partial charge in [0.15, 0.2) is 0 Å². The zero-order chi connectivity index (χ0) is 19.0. The first-order chi connectivity index (χ1) is 13.1. The third kappa shape index (κ3) is 3.18. The number of hydrogen-bond donors (Lipinski definition) is 1. The van der Waals surface area contributed by atoms with Gasteiger partial charge in [0.05, 0.1) is 23.1 Å². The molecule has 0 radical (unpaired) electrons. The predicted octanol–water partition coefficient (Wildman–Crippen LogP) is 3.95. The Balaban J connectivity index is 1.57. The maximum absolute atomic E-state index is 13.1. The molecule has 138 valence electrons. The van der Waals surface area contributed by atoms with Crippen molar-refractivity contribution in [2.45, 2.75) is 20.3 Å². The molecule has 0 aliphatic carbocycles. The first kappa shape index (κ1) is 17.3. The molecular formula is C21H21FN4O. The molecule has 6 heteroatoms. The van der Waals surface area contributed by atoms with Crippen LogP contribution in [0.3, 0.4) is 0 Å². The highest BCUT2D eigenvalue weighted by Gasteiger charge is 2.19. The van der Waals surface area contributed by atoms with Gasteiger partial charge in [0.25, 0.3) is 5.91 Å². The van der Waals surface area contributed by atoms with E-state index in [0.29, 0.717) is 16.9 Å². The molecule has 1 N–H and O–H groups in total. The minimum atomic E-state index is -0.306. The highest BCUT2D eigenvalue weighted by Crippen LogP contribution is 2.30. The number of nitrogens with one attached hydrogen (secondary N) is 1. The van der Waals surface area contributed by atoms with E-state index in [4.69, 9.17) is 0 Å². The van der Waals surface area contributed by atoms with Gasteiger partial charge in [0.1, 0.15) is 5.82 Å². The highest BCUT2D eigenvalue weighted by atomic mass is 19.1. The van der Waals surface area contributed by atoms with E-state index in [9.17, 15) is 9.18 Å². The number of benzene rings is 2. The third-order valence-corrected chi connectivity index (χ3v) is 5.04. The minimum Gasteiger partial charge on any atom is -0.371 e. The van der Waals surface area contributed by atoms with Gasteiger partial charge in [-0.3, -0.25) is 4.79 Å². The molecule has 0 unspecified atom stereocenters. The Hall–Kier alpha value is -3.15. The van der Waals surface area contributed by atoms with E-state index < -0.39 is 0 Å². The summed E-state index contributed by atoms with van der Waals surface area (Å²) in [6.45, 7) is 5.93. The van der Waals surface area contributed by atoms with E-state index in [-0.39, 0.29) is 11.7 Å². The van der Waals surface area contributed by atoms with Crippen molar-refractivity contribution < 1.29 is 9.18 Å². The molecule has 1 aromatic heterocycles. The number of amides is 1. The van der Waals surface area contributed by atoms with Crippen molar-refractivity contribution >= 4 is 17.3 Å². The number of carbonyl (C=O) groups excluding carboxylic acids is 1. The van der Waals surface area contributed by atoms with Gasteiger partial charge >= 0.3 is 0 Å². The predicted molar refractivity (Wildman–Crippen MR) is 104 cm³/mol. The van der Waals surface area contributed by atoms with Crippen molar-refractivity contribution in [2.24, 2.45) is 0 Å². The zero-order valence-electron chi connectivity index (χ0n) is 15.4. The summed E-state index contributed by atoms with van der Waals surface area (Å²) in [5.74, 6) is -0.513. The van der Waals surface area contributed by atoms with Gasteiger partial charge in [-0.25, -0.2) is 9.07 Å². The standard InChI is InChI=1S/C21H21FN4O/c1-3-25-11-10-15-4-7-17(12-20(15)25)24-21(27)19-13-23-26(14(19)2)18-8-5-16(22)6-9-18/h4-9,12-13H,3,10-11H2,1-2H3,(H,24,27). The molecule has 0 bridgehead atoms. The Morgan fingerprint density at radius 1 is 1.22 bits per heavy atom. The fraction of sp³-hybridized carbons (Fsp3) is 0.238. The van der Waals surface area contributed by atoms with Gasteiger partial charge in [-0.15, -0.1) is 0 Å². The Morgan fingerprint density at radius 3 is 2.74 bits per heavy atom. The van der Waals surface area contributed by atoms with Crippen LogP contribution in [0, 0.1) is 12.7 Å². The van der Waals surface area contributed by atoms with Crippen LogP contribution in [0.1, 0.15) is 28.5 Å². The first-order valence-corrected chi connectivity index (χ1v) is 9.06. The summed E-state index contributed by atoms with van der Waals surface area (Å²) in [5, 5.41) is 7.26. The highest BCUT2D eigenvalue weighted by molar-refractivity contribution is 6.05. The van der Waals surface area contributed by atoms with Crippen LogP contribution in [0.2, 0.25) is 0 Å². The lowest BCUT2D eigenvalue weighted by atomic mass is 10.1. The Labute approximate surface area is 157 Å². The van der Waals surface area contributed by atoms with Crippen LogP contribution in [0.25, 0.3) is 5.69 Å². The van der Waals surface area contributed by atoms with Crippen LogP contribution < -0.4 is 10.2 Å². The molecule has 27 heavy (non-hydrogen) atoms. The molecule has 2 heterocycles. The van der Waals surface area contributed by atoms with E-state index in [0.717, 1.165) is 25.2 Å². The van der Waals surface area contributed by atoms with Crippen molar-refractivity contribution in [3.05, 3.63) is 71.3 Å². The fourth-order valence-electron chi connectivity index (χ4n) is 3.53. The number of aromatic nitrogens is 2. The number of anilines is 2. The van der Waals surface area contributed by atoms with Crippen molar-refractivity contribution in [3.63, 3.8) is 0 Å². The molecule has 1 amide bonds. The minimum absolute atomic E-state index is 0.207. The van der Waals surface area contributed by atoms with E-state index in [1.54, 1.807) is 23.0 Å². The van der Waals surface area contributed by atoms with Crippen LogP contribution in [0.15, 0.2) is 48.7 Å². The molecule has 0 fully saturated rings. The second kappa shape index (κ2) is 6.87. The summed E-state index contributed by atoms with van der Waals surface area (Å²) in [7, 11) is 0. The first-order valence-electron chi connectivity index (χ1n) is 9.06. The lowest BCUT2D eigenvalue weighted by Gasteiger charge is -2.17. The van der Waals surface area contributed by atoms with Gasteiger partial charge in [0.2, 0.25) is 0 Å². The van der Waals surface area contributed by atoms with Crippen LogP contribution in [0.5, 0.6) is 0 Å². The molecule has 0 saturated heterocycles. The fourth-order valence-corrected chi connectivity index (χ4v) is 3.53. The second-order valence-electron chi connectivity index (χ2n) is 6.66. The Morgan fingerprint density at radius 2 is 2.00 bits per heavy atom. The summed E-state index contributed by atoms with van der Waals surface area (Å²) in [5.41, 5.74) is 5.18. The molecule has 1 aliphatic heterocycles. The maximum atomic E-state index is 13.1. The quantitative estimate of drug-likeness (QED) is 0.762. The van der Waals surface area contributed by atoms with Crippen LogP contribution in [-0.4, -0.2) is 28.8 Å². The summed E-state index contributed by atoms with van der Waals surface area (Å²) in [4.78, 5) is 15.1. The number of hydrogen-bond acceptors (Lipinski definition) is 3. The number of halogens is 1. The SMILES string of the molecule is CCN1CCc2ccc(NC(=O)c3cnn(-c4ccc(F)cc4)c3C)cc21. The molecule has 0 saturated carbocycles. The van der Waals surface area contributed by atoms with Gasteiger partial charge in [0, 0.05) is 24.5 Å². The van der Waals surface area contributed by atoms with Crippen molar-refractivity contribution in [1.82, 2.24) is 9.78 Å². The topological polar surface area (TPSA) is 50.2 Å². The second-order valence-corrected chi connectivity index (χ2v) is 6.66. The number of carbonyl (C=O) groups is 1. The number of likely N-dealkylation sites (N-methyl/N-ethyl adjacent to an activating group) is 1. The molecular weight excluding hydrogens is 343 g/mol. The Kier molecular flexibility index (Phi) is 4.39. The average Bonchev–Trinajstić information content (AvgIpc) is 3.25. The number of rotatable bonds is 4. The van der Waals surface area contributed by atoms with E-state index >= 15 is 0 Å². The summed E-state index contributed by atoms with van der Waals surface area (Å²) < 4.78 is 14.8.